The summed E-state index contributed by atoms with van der Waals surface area (Å²) in [6.07, 6.45) is 4.57. The third kappa shape index (κ3) is 5.34. The summed E-state index contributed by atoms with van der Waals surface area (Å²) in [5.41, 5.74) is 3.09. The zero-order valence-corrected chi connectivity index (χ0v) is 17.6. The molecule has 5 nitrogen and oxygen atoms in total. The average Bonchev–Trinajstić information content (AvgIpc) is 2.73. The number of ether oxygens (including phenoxy) is 1. The minimum Gasteiger partial charge on any atom is -0.496 e. The standard InChI is InChI=1S/C22H30N2O3S/c1-3-20-15-21(10-11-22(20)27-2)28(25,26)23-16-18-8-7-9-19(14-18)17-24-12-5-4-6-13-24/h7-11,14-15,23H,3-6,12-13,16-17H2,1-2H3. The maximum atomic E-state index is 12.7. The van der Waals surface area contributed by atoms with Crippen LogP contribution in [0.3, 0.4) is 0 Å². The van der Waals surface area contributed by atoms with Gasteiger partial charge < -0.3 is 4.74 Å². The van der Waals surface area contributed by atoms with Gasteiger partial charge in [-0.15, -0.1) is 0 Å². The lowest BCUT2D eigenvalue weighted by Gasteiger charge is -2.26. The quantitative estimate of drug-likeness (QED) is 0.731. The van der Waals surface area contributed by atoms with Gasteiger partial charge in [-0.3, -0.25) is 4.90 Å². The van der Waals surface area contributed by atoms with Crippen LogP contribution in [0, 0.1) is 0 Å². The van der Waals surface area contributed by atoms with Crippen LogP contribution in [0.2, 0.25) is 0 Å². The molecule has 2 aromatic carbocycles. The lowest BCUT2D eigenvalue weighted by molar-refractivity contribution is 0.221. The highest BCUT2D eigenvalue weighted by atomic mass is 32.2. The van der Waals surface area contributed by atoms with Gasteiger partial charge in [0.1, 0.15) is 5.75 Å². The fourth-order valence-corrected chi connectivity index (χ4v) is 4.74. The molecule has 0 atom stereocenters. The van der Waals surface area contributed by atoms with Crippen LogP contribution in [0.15, 0.2) is 47.4 Å². The van der Waals surface area contributed by atoms with E-state index in [-0.39, 0.29) is 11.4 Å². The predicted molar refractivity (Wildman–Crippen MR) is 112 cm³/mol. The summed E-state index contributed by atoms with van der Waals surface area (Å²) in [6.45, 7) is 5.49. The first kappa shape index (κ1) is 20.8. The van der Waals surface area contributed by atoms with Gasteiger partial charge in [0.2, 0.25) is 10.0 Å². The van der Waals surface area contributed by atoms with Crippen molar-refractivity contribution in [3.8, 4) is 5.75 Å². The molecule has 0 aromatic heterocycles. The Balaban J connectivity index is 1.66. The average molecular weight is 403 g/mol. The molecule has 1 fully saturated rings. The zero-order chi connectivity index (χ0) is 20.0. The van der Waals surface area contributed by atoms with E-state index >= 15 is 0 Å². The molecule has 0 aliphatic carbocycles. The van der Waals surface area contributed by atoms with Crippen LogP contribution in [-0.2, 0) is 29.5 Å². The highest BCUT2D eigenvalue weighted by Gasteiger charge is 2.16. The third-order valence-electron chi connectivity index (χ3n) is 5.26. The molecule has 0 unspecified atom stereocenters. The maximum Gasteiger partial charge on any atom is 0.240 e. The van der Waals surface area contributed by atoms with Crippen LogP contribution in [-0.4, -0.2) is 33.5 Å². The highest BCUT2D eigenvalue weighted by Crippen LogP contribution is 2.23. The number of piperidine rings is 1. The minimum atomic E-state index is -3.57. The summed E-state index contributed by atoms with van der Waals surface area (Å²) in [7, 11) is -1.98. The SMILES string of the molecule is CCc1cc(S(=O)(=O)NCc2cccc(CN3CCCCC3)c2)ccc1OC. The number of nitrogens with one attached hydrogen (secondary N) is 1. The van der Waals surface area contributed by atoms with Crippen molar-refractivity contribution in [3.63, 3.8) is 0 Å². The summed E-state index contributed by atoms with van der Waals surface area (Å²) in [5.74, 6) is 0.715. The molecule has 1 saturated heterocycles. The second-order valence-corrected chi connectivity index (χ2v) is 9.08. The second-order valence-electron chi connectivity index (χ2n) is 7.31. The molecule has 0 bridgehead atoms. The Kier molecular flexibility index (Phi) is 7.10. The van der Waals surface area contributed by atoms with Crippen LogP contribution in [0.5, 0.6) is 5.75 Å². The number of nitrogens with zero attached hydrogens (tertiary/aromatic N) is 1. The van der Waals surface area contributed by atoms with Gasteiger partial charge in [0, 0.05) is 13.1 Å². The van der Waals surface area contributed by atoms with E-state index in [1.165, 1.54) is 24.8 Å². The summed E-state index contributed by atoms with van der Waals surface area (Å²) < 4.78 is 33.4. The van der Waals surface area contributed by atoms with E-state index in [9.17, 15) is 8.42 Å². The van der Waals surface area contributed by atoms with Gasteiger partial charge in [-0.25, -0.2) is 13.1 Å². The lowest BCUT2D eigenvalue weighted by atomic mass is 10.1. The lowest BCUT2D eigenvalue weighted by Crippen LogP contribution is -2.29. The van der Waals surface area contributed by atoms with Crippen molar-refractivity contribution in [1.82, 2.24) is 9.62 Å². The van der Waals surface area contributed by atoms with Crippen molar-refractivity contribution >= 4 is 10.0 Å². The van der Waals surface area contributed by atoms with Gasteiger partial charge in [0.05, 0.1) is 12.0 Å². The Morgan fingerprint density at radius 3 is 2.50 bits per heavy atom. The van der Waals surface area contributed by atoms with Crippen molar-refractivity contribution in [1.29, 1.82) is 0 Å². The zero-order valence-electron chi connectivity index (χ0n) is 16.8. The number of sulfonamides is 1. The number of aryl methyl sites for hydroxylation is 1. The Morgan fingerprint density at radius 2 is 1.79 bits per heavy atom. The van der Waals surface area contributed by atoms with Gasteiger partial charge in [-0.1, -0.05) is 37.6 Å². The van der Waals surface area contributed by atoms with Crippen molar-refractivity contribution in [2.75, 3.05) is 20.2 Å². The smallest absolute Gasteiger partial charge is 0.240 e. The normalized spacial score (nSPS) is 15.5. The van der Waals surface area contributed by atoms with Crippen molar-refractivity contribution in [2.45, 2.75) is 50.6 Å². The van der Waals surface area contributed by atoms with E-state index in [4.69, 9.17) is 4.74 Å². The fraction of sp³-hybridized carbons (Fsp3) is 0.455. The van der Waals surface area contributed by atoms with Crippen LogP contribution < -0.4 is 9.46 Å². The number of hydrogen-bond acceptors (Lipinski definition) is 4. The van der Waals surface area contributed by atoms with Crippen molar-refractivity contribution in [2.24, 2.45) is 0 Å². The number of methoxy groups -OCH3 is 1. The molecular formula is C22H30N2O3S. The van der Waals surface area contributed by atoms with Crippen LogP contribution in [0.25, 0.3) is 0 Å². The molecule has 0 spiro atoms. The summed E-state index contributed by atoms with van der Waals surface area (Å²) in [6, 6.07) is 13.2. The van der Waals surface area contributed by atoms with Crippen LogP contribution in [0.4, 0.5) is 0 Å². The Bertz CT molecular complexity index is 890. The fourth-order valence-electron chi connectivity index (χ4n) is 3.67. The maximum absolute atomic E-state index is 12.7. The molecule has 1 aliphatic heterocycles. The highest BCUT2D eigenvalue weighted by molar-refractivity contribution is 7.89. The van der Waals surface area contributed by atoms with E-state index in [2.05, 4.69) is 21.8 Å². The molecule has 0 radical (unpaired) electrons. The molecule has 6 heteroatoms. The van der Waals surface area contributed by atoms with Gasteiger partial charge in [-0.2, -0.15) is 0 Å². The van der Waals surface area contributed by atoms with Crippen LogP contribution in [0.1, 0.15) is 42.9 Å². The van der Waals surface area contributed by atoms with Gasteiger partial charge in [-0.05, 0) is 67.2 Å². The Labute approximate surface area is 168 Å². The number of hydrogen-bond donors (Lipinski definition) is 1. The van der Waals surface area contributed by atoms with E-state index < -0.39 is 10.0 Å². The number of benzene rings is 2. The first-order valence-electron chi connectivity index (χ1n) is 9.98. The summed E-state index contributed by atoms with van der Waals surface area (Å²) in [4.78, 5) is 2.74. The van der Waals surface area contributed by atoms with E-state index in [1.54, 1.807) is 25.3 Å². The van der Waals surface area contributed by atoms with E-state index in [1.807, 2.05) is 19.1 Å². The minimum absolute atomic E-state index is 0.273. The first-order chi connectivity index (χ1) is 13.5. The molecule has 2 aromatic rings. The predicted octanol–water partition coefficient (Wildman–Crippen LogP) is 3.72. The van der Waals surface area contributed by atoms with Gasteiger partial charge in [0.15, 0.2) is 0 Å². The van der Waals surface area contributed by atoms with Gasteiger partial charge >= 0.3 is 0 Å². The third-order valence-corrected chi connectivity index (χ3v) is 6.65. The largest absolute Gasteiger partial charge is 0.496 e. The molecular weight excluding hydrogens is 372 g/mol. The Hall–Kier alpha value is -1.89. The molecule has 0 saturated carbocycles. The number of rotatable bonds is 8. The number of likely N-dealkylation sites (tertiary alicyclic amines) is 1. The first-order valence-corrected chi connectivity index (χ1v) is 11.5. The Morgan fingerprint density at radius 1 is 1.04 bits per heavy atom. The summed E-state index contributed by atoms with van der Waals surface area (Å²) in [5, 5.41) is 0. The van der Waals surface area contributed by atoms with E-state index in [0.29, 0.717) is 12.2 Å². The molecule has 0 amide bonds. The van der Waals surface area contributed by atoms with Crippen molar-refractivity contribution in [3.05, 3.63) is 59.2 Å². The molecule has 1 aliphatic rings. The monoisotopic (exact) mass is 402 g/mol. The van der Waals surface area contributed by atoms with Crippen molar-refractivity contribution < 1.29 is 13.2 Å². The second kappa shape index (κ2) is 9.54. The van der Waals surface area contributed by atoms with Gasteiger partial charge in [0.25, 0.3) is 0 Å². The summed E-state index contributed by atoms with van der Waals surface area (Å²) >= 11 is 0. The molecule has 1 N–H and O–H groups in total. The molecule has 1 heterocycles. The molecule has 3 rings (SSSR count). The van der Waals surface area contributed by atoms with E-state index in [0.717, 1.165) is 30.8 Å². The topological polar surface area (TPSA) is 58.6 Å². The van der Waals surface area contributed by atoms with Crippen LogP contribution >= 0.6 is 0 Å². The molecule has 152 valence electrons. The molecule has 28 heavy (non-hydrogen) atoms.